The fourth-order valence-corrected chi connectivity index (χ4v) is 5.36. The monoisotopic (exact) mass is 551 g/mol. The zero-order valence-electron chi connectivity index (χ0n) is 21.1. The second-order valence-corrected chi connectivity index (χ2v) is 11.7. The molecule has 0 aliphatic rings. The molecule has 0 saturated heterocycles. The molecule has 38 heavy (non-hydrogen) atoms. The Balaban J connectivity index is 1.56. The Labute approximate surface area is 226 Å². The van der Waals surface area contributed by atoms with E-state index in [2.05, 4.69) is 10.3 Å². The van der Waals surface area contributed by atoms with Crippen LogP contribution in [0.25, 0.3) is 10.2 Å². The van der Waals surface area contributed by atoms with Gasteiger partial charge >= 0.3 is 16.2 Å². The molecule has 0 unspecified atom stereocenters. The van der Waals surface area contributed by atoms with Gasteiger partial charge in [-0.2, -0.15) is 12.7 Å². The number of hydrogen-bond acceptors (Lipinski definition) is 6. The SMILES string of the molecule is CN(C)S(=O)(=O)NC(=O)CN(CCC(c1ccccc1)c1ccccc1)C(=O)Nc1nc2ccccc2s1. The minimum absolute atomic E-state index is 0.0382. The molecule has 0 aliphatic heterocycles. The summed E-state index contributed by atoms with van der Waals surface area (Å²) < 4.78 is 28.2. The highest BCUT2D eigenvalue weighted by Crippen LogP contribution is 2.29. The van der Waals surface area contributed by atoms with Gasteiger partial charge in [-0.1, -0.05) is 84.1 Å². The molecule has 0 aliphatic carbocycles. The Morgan fingerprint density at radius 1 is 0.895 bits per heavy atom. The summed E-state index contributed by atoms with van der Waals surface area (Å²) in [6, 6.07) is 26.8. The number of nitrogens with one attached hydrogen (secondary N) is 2. The maximum Gasteiger partial charge on any atom is 0.324 e. The molecule has 4 rings (SSSR count). The number of thiazole rings is 1. The zero-order chi connectivity index (χ0) is 27.1. The lowest BCUT2D eigenvalue weighted by Gasteiger charge is -2.26. The molecule has 9 nitrogen and oxygen atoms in total. The van der Waals surface area contributed by atoms with E-state index in [0.717, 1.165) is 25.6 Å². The van der Waals surface area contributed by atoms with Gasteiger partial charge in [-0.25, -0.2) is 14.5 Å². The maximum absolute atomic E-state index is 13.4. The molecule has 0 spiro atoms. The minimum atomic E-state index is -4.00. The summed E-state index contributed by atoms with van der Waals surface area (Å²) in [5, 5.41) is 3.17. The number of rotatable bonds is 10. The first kappa shape index (κ1) is 27.2. The molecule has 4 aromatic rings. The third kappa shape index (κ3) is 6.94. The number of nitrogens with zero attached hydrogens (tertiary/aromatic N) is 3. The number of benzene rings is 3. The minimum Gasteiger partial charge on any atom is -0.315 e. The molecule has 0 fully saturated rings. The summed E-state index contributed by atoms with van der Waals surface area (Å²) in [4.78, 5) is 31.8. The van der Waals surface area contributed by atoms with Crippen LogP contribution < -0.4 is 10.0 Å². The number of carbonyl (C=O) groups is 2. The van der Waals surface area contributed by atoms with Gasteiger partial charge in [0.15, 0.2) is 5.13 Å². The van der Waals surface area contributed by atoms with Gasteiger partial charge in [-0.05, 0) is 29.7 Å². The van der Waals surface area contributed by atoms with Gasteiger partial charge < -0.3 is 4.90 Å². The largest absolute Gasteiger partial charge is 0.324 e. The summed E-state index contributed by atoms with van der Waals surface area (Å²) in [5.74, 6) is -0.849. The average Bonchev–Trinajstić information content (AvgIpc) is 3.31. The summed E-state index contributed by atoms with van der Waals surface area (Å²) >= 11 is 1.32. The van der Waals surface area contributed by atoms with E-state index in [-0.39, 0.29) is 12.5 Å². The number of anilines is 1. The van der Waals surface area contributed by atoms with Crippen LogP contribution in [0.4, 0.5) is 9.93 Å². The van der Waals surface area contributed by atoms with Crippen molar-refractivity contribution in [3.05, 3.63) is 96.1 Å². The Kier molecular flexibility index (Phi) is 8.72. The van der Waals surface area contributed by atoms with Gasteiger partial charge in [-0.15, -0.1) is 0 Å². The summed E-state index contributed by atoms with van der Waals surface area (Å²) in [5.41, 5.74) is 2.90. The molecule has 11 heteroatoms. The molecular formula is C27H29N5O4S2. The van der Waals surface area contributed by atoms with Crippen molar-refractivity contribution in [2.24, 2.45) is 0 Å². The number of amides is 3. The van der Waals surface area contributed by atoms with E-state index in [1.807, 2.05) is 89.7 Å². The highest BCUT2D eigenvalue weighted by molar-refractivity contribution is 7.87. The quantitative estimate of drug-likeness (QED) is 0.306. The summed E-state index contributed by atoms with van der Waals surface area (Å²) in [7, 11) is -1.36. The third-order valence-corrected chi connectivity index (χ3v) is 8.34. The van der Waals surface area contributed by atoms with Gasteiger partial charge in [0, 0.05) is 26.6 Å². The summed E-state index contributed by atoms with van der Waals surface area (Å²) in [6.45, 7) is -0.249. The number of hydrogen-bond donors (Lipinski definition) is 2. The molecule has 3 amide bonds. The van der Waals surface area contributed by atoms with Crippen molar-refractivity contribution < 1.29 is 18.0 Å². The molecule has 1 heterocycles. The fraction of sp³-hybridized carbons (Fsp3) is 0.222. The van der Waals surface area contributed by atoms with Crippen LogP contribution in [0.3, 0.4) is 0 Å². The average molecular weight is 552 g/mol. The first-order valence-electron chi connectivity index (χ1n) is 12.0. The van der Waals surface area contributed by atoms with Crippen molar-refractivity contribution >= 4 is 48.8 Å². The van der Waals surface area contributed by atoms with Gasteiger partial charge in [0.05, 0.1) is 10.2 Å². The molecule has 0 saturated carbocycles. The predicted molar refractivity (Wildman–Crippen MR) is 150 cm³/mol. The number of urea groups is 1. The van der Waals surface area contributed by atoms with Crippen molar-refractivity contribution in [2.75, 3.05) is 32.5 Å². The maximum atomic E-state index is 13.4. The van der Waals surface area contributed by atoms with E-state index in [1.54, 1.807) is 0 Å². The van der Waals surface area contributed by atoms with Gasteiger partial charge in [0.1, 0.15) is 6.54 Å². The smallest absolute Gasteiger partial charge is 0.315 e. The van der Waals surface area contributed by atoms with Gasteiger partial charge in [-0.3, -0.25) is 10.1 Å². The molecule has 0 radical (unpaired) electrons. The Morgan fingerprint density at radius 2 is 1.47 bits per heavy atom. The van der Waals surface area contributed by atoms with Gasteiger partial charge in [0.2, 0.25) is 0 Å². The lowest BCUT2D eigenvalue weighted by Crippen LogP contribution is -2.47. The van der Waals surface area contributed by atoms with E-state index in [9.17, 15) is 18.0 Å². The van der Waals surface area contributed by atoms with Crippen molar-refractivity contribution in [3.8, 4) is 0 Å². The first-order chi connectivity index (χ1) is 18.2. The van der Waals surface area contributed by atoms with E-state index >= 15 is 0 Å². The van der Waals surface area contributed by atoms with Crippen LogP contribution in [0.15, 0.2) is 84.9 Å². The molecule has 0 bridgehead atoms. The lowest BCUT2D eigenvalue weighted by molar-refractivity contribution is -0.120. The number of carbonyl (C=O) groups excluding carboxylic acids is 2. The van der Waals surface area contributed by atoms with Crippen LogP contribution in [0, 0.1) is 0 Å². The van der Waals surface area contributed by atoms with E-state index in [4.69, 9.17) is 0 Å². The summed E-state index contributed by atoms with van der Waals surface area (Å²) in [6.07, 6.45) is 0.509. The van der Waals surface area contributed by atoms with Gasteiger partial charge in [0.25, 0.3) is 5.91 Å². The van der Waals surface area contributed by atoms with Crippen LogP contribution >= 0.6 is 11.3 Å². The molecule has 1 aromatic heterocycles. The standard InChI is InChI=1S/C27H29N5O4S2/c1-31(2)38(35,36)30-25(33)19-32(27(34)29-26-28-23-15-9-10-16-24(23)37-26)18-17-22(20-11-5-3-6-12-20)21-13-7-4-8-14-21/h3-16,22H,17-19H2,1-2H3,(H,30,33)(H,28,29,34). The van der Waals surface area contributed by atoms with E-state index in [0.29, 0.717) is 11.6 Å². The van der Waals surface area contributed by atoms with Crippen molar-refractivity contribution in [2.45, 2.75) is 12.3 Å². The molecule has 2 N–H and O–H groups in total. The Bertz CT molecular complexity index is 1420. The van der Waals surface area contributed by atoms with E-state index in [1.165, 1.54) is 30.3 Å². The van der Waals surface area contributed by atoms with Crippen LogP contribution in [-0.2, 0) is 15.0 Å². The van der Waals surface area contributed by atoms with Crippen molar-refractivity contribution in [3.63, 3.8) is 0 Å². The first-order valence-corrected chi connectivity index (χ1v) is 14.2. The van der Waals surface area contributed by atoms with Crippen LogP contribution in [-0.4, -0.2) is 61.7 Å². The Morgan fingerprint density at radius 3 is 2.05 bits per heavy atom. The second kappa shape index (κ2) is 12.2. The van der Waals surface area contributed by atoms with Crippen LogP contribution in [0.2, 0.25) is 0 Å². The van der Waals surface area contributed by atoms with Crippen molar-refractivity contribution in [1.82, 2.24) is 18.9 Å². The molecule has 3 aromatic carbocycles. The normalized spacial score (nSPS) is 11.6. The molecule has 198 valence electrons. The highest BCUT2D eigenvalue weighted by Gasteiger charge is 2.24. The van der Waals surface area contributed by atoms with Crippen molar-refractivity contribution in [1.29, 1.82) is 0 Å². The predicted octanol–water partition coefficient (Wildman–Crippen LogP) is 4.28. The third-order valence-electron chi connectivity index (χ3n) is 5.94. The Hall–Kier alpha value is -3.80. The topological polar surface area (TPSA) is 112 Å². The fourth-order valence-electron chi connectivity index (χ4n) is 3.97. The van der Waals surface area contributed by atoms with Crippen LogP contribution in [0.5, 0.6) is 0 Å². The highest BCUT2D eigenvalue weighted by atomic mass is 32.2. The number of fused-ring (bicyclic) bond motifs is 1. The zero-order valence-corrected chi connectivity index (χ0v) is 22.7. The number of para-hydroxylation sites is 1. The lowest BCUT2D eigenvalue weighted by atomic mass is 9.88. The number of aromatic nitrogens is 1. The van der Waals surface area contributed by atoms with E-state index < -0.39 is 28.7 Å². The molecule has 0 atom stereocenters. The second-order valence-electron chi connectivity index (χ2n) is 8.81. The van der Waals surface area contributed by atoms with Crippen LogP contribution in [0.1, 0.15) is 23.5 Å². The molecular weight excluding hydrogens is 522 g/mol.